The number of rotatable bonds is 8. The fourth-order valence-electron chi connectivity index (χ4n) is 5.98. The molecule has 3 atom stereocenters. The quantitative estimate of drug-likeness (QED) is 0.182. The first-order valence-electron chi connectivity index (χ1n) is 15.7. The highest BCUT2D eigenvalue weighted by Crippen LogP contribution is 2.42. The Bertz CT molecular complexity index is 1730. The average molecular weight is 670 g/mol. The number of nitrogens with one attached hydrogen (secondary N) is 1. The summed E-state index contributed by atoms with van der Waals surface area (Å²) in [6.45, 7) is 5.85. The van der Waals surface area contributed by atoms with Gasteiger partial charge in [-0.1, -0.05) is 72.8 Å². The SMILES string of the molecule is CC(C)(C)OC(=O)N[C@@H]1C(=O)N2[C@@H](C(=O)OC(c3ccccc3)c3ccccc3)C(C=C3CCN(Cc4cccc(F)c4)C3=O)=CS[C@H]12. The zero-order valence-electron chi connectivity index (χ0n) is 26.8. The third-order valence-electron chi connectivity index (χ3n) is 8.17. The number of halogens is 1. The molecule has 1 N–H and O–H groups in total. The van der Waals surface area contributed by atoms with E-state index in [-0.39, 0.29) is 18.3 Å². The molecule has 3 amide bonds. The maximum Gasteiger partial charge on any atom is 0.408 e. The Morgan fingerprint density at radius 3 is 2.29 bits per heavy atom. The van der Waals surface area contributed by atoms with E-state index in [1.165, 1.54) is 28.8 Å². The number of fused-ring (bicyclic) bond motifs is 1. The number of thioether (sulfide) groups is 1. The first-order chi connectivity index (χ1) is 23.0. The Balaban J connectivity index is 1.29. The summed E-state index contributed by atoms with van der Waals surface area (Å²) in [4.78, 5) is 57.0. The van der Waals surface area contributed by atoms with E-state index in [1.807, 2.05) is 60.7 Å². The molecule has 3 aliphatic heterocycles. The van der Waals surface area contributed by atoms with Crippen LogP contribution in [0.2, 0.25) is 0 Å². The van der Waals surface area contributed by atoms with Gasteiger partial charge in [-0.05, 0) is 73.1 Å². The predicted molar refractivity (Wildman–Crippen MR) is 179 cm³/mol. The molecule has 3 aromatic rings. The van der Waals surface area contributed by atoms with Crippen molar-refractivity contribution < 1.29 is 33.0 Å². The summed E-state index contributed by atoms with van der Waals surface area (Å²) in [5.74, 6) is -1.75. The maximum absolute atomic E-state index is 14.3. The molecule has 0 bridgehead atoms. The molecule has 0 unspecified atom stereocenters. The van der Waals surface area contributed by atoms with Crippen molar-refractivity contribution in [3.63, 3.8) is 0 Å². The van der Waals surface area contributed by atoms with Crippen molar-refractivity contribution >= 4 is 35.6 Å². The second-order valence-corrected chi connectivity index (χ2v) is 13.8. The first kappa shape index (κ1) is 33.0. The van der Waals surface area contributed by atoms with Crippen LogP contribution in [0.25, 0.3) is 0 Å². The highest BCUT2D eigenvalue weighted by atomic mass is 32.2. The van der Waals surface area contributed by atoms with Crippen molar-refractivity contribution in [3.8, 4) is 0 Å². The van der Waals surface area contributed by atoms with Crippen molar-refractivity contribution in [2.75, 3.05) is 6.54 Å². The number of hydrogen-bond donors (Lipinski definition) is 1. The largest absolute Gasteiger partial charge is 0.451 e. The number of likely N-dealkylation sites (tertiary alicyclic amines) is 1. The Morgan fingerprint density at radius 2 is 1.67 bits per heavy atom. The Kier molecular flexibility index (Phi) is 9.41. The fourth-order valence-corrected chi connectivity index (χ4v) is 7.17. The van der Waals surface area contributed by atoms with E-state index in [9.17, 15) is 23.6 Å². The van der Waals surface area contributed by atoms with Crippen molar-refractivity contribution in [1.29, 1.82) is 0 Å². The van der Waals surface area contributed by atoms with Crippen molar-refractivity contribution in [2.24, 2.45) is 0 Å². The van der Waals surface area contributed by atoms with E-state index >= 15 is 0 Å². The van der Waals surface area contributed by atoms with Crippen LogP contribution in [0.4, 0.5) is 9.18 Å². The molecule has 3 heterocycles. The normalized spacial score (nSPS) is 21.5. The first-order valence-corrected chi connectivity index (χ1v) is 16.6. The van der Waals surface area contributed by atoms with Gasteiger partial charge in [0, 0.05) is 18.7 Å². The van der Waals surface area contributed by atoms with E-state index in [0.29, 0.717) is 29.7 Å². The van der Waals surface area contributed by atoms with Crippen molar-refractivity contribution in [1.82, 2.24) is 15.1 Å². The Labute approximate surface area is 282 Å². The van der Waals surface area contributed by atoms with Gasteiger partial charge >= 0.3 is 12.1 Å². The van der Waals surface area contributed by atoms with E-state index in [2.05, 4.69) is 5.32 Å². The van der Waals surface area contributed by atoms with E-state index in [0.717, 1.165) is 11.1 Å². The molecular weight excluding hydrogens is 633 g/mol. The Hall–Kier alpha value is -4.90. The Morgan fingerprint density at radius 1 is 1.00 bits per heavy atom. The third kappa shape index (κ3) is 7.16. The molecule has 0 saturated carbocycles. The zero-order valence-corrected chi connectivity index (χ0v) is 27.6. The highest BCUT2D eigenvalue weighted by Gasteiger charge is 2.56. The van der Waals surface area contributed by atoms with Crippen LogP contribution in [0, 0.1) is 5.82 Å². The highest BCUT2D eigenvalue weighted by molar-refractivity contribution is 8.03. The summed E-state index contributed by atoms with van der Waals surface area (Å²) in [6, 6.07) is 22.6. The summed E-state index contributed by atoms with van der Waals surface area (Å²) >= 11 is 1.27. The molecule has 2 fully saturated rings. The summed E-state index contributed by atoms with van der Waals surface area (Å²) in [5.41, 5.74) is 2.31. The molecule has 9 nitrogen and oxygen atoms in total. The number of carbonyl (C=O) groups is 4. The van der Waals surface area contributed by atoms with Gasteiger partial charge in [0.25, 0.3) is 0 Å². The van der Waals surface area contributed by atoms with Crippen LogP contribution in [0.5, 0.6) is 0 Å². The molecule has 0 aromatic heterocycles. The van der Waals surface area contributed by atoms with Crippen LogP contribution in [-0.4, -0.2) is 63.3 Å². The number of benzene rings is 3. The molecule has 3 aromatic carbocycles. The topological polar surface area (TPSA) is 105 Å². The lowest BCUT2D eigenvalue weighted by atomic mass is 9.95. The summed E-state index contributed by atoms with van der Waals surface area (Å²) in [6.07, 6.45) is 0.573. The molecule has 2 saturated heterocycles. The van der Waals surface area contributed by atoms with Gasteiger partial charge in [0.05, 0.1) is 0 Å². The molecule has 48 heavy (non-hydrogen) atoms. The summed E-state index contributed by atoms with van der Waals surface area (Å²) in [7, 11) is 0. The minimum absolute atomic E-state index is 0.231. The molecule has 0 spiro atoms. The van der Waals surface area contributed by atoms with Gasteiger partial charge in [0.2, 0.25) is 11.8 Å². The lowest BCUT2D eigenvalue weighted by molar-refractivity contribution is -0.164. The van der Waals surface area contributed by atoms with Gasteiger partial charge in [-0.15, -0.1) is 11.8 Å². The predicted octanol–water partition coefficient (Wildman–Crippen LogP) is 5.88. The maximum atomic E-state index is 14.3. The number of nitrogens with zero attached hydrogens (tertiary/aromatic N) is 2. The third-order valence-corrected chi connectivity index (χ3v) is 9.35. The monoisotopic (exact) mass is 669 g/mol. The van der Waals surface area contributed by atoms with Crippen LogP contribution >= 0.6 is 11.8 Å². The van der Waals surface area contributed by atoms with Crippen LogP contribution in [0.3, 0.4) is 0 Å². The number of β-lactam (4-membered cyclic amide) rings is 1. The van der Waals surface area contributed by atoms with Gasteiger partial charge in [-0.25, -0.2) is 14.0 Å². The van der Waals surface area contributed by atoms with Crippen LogP contribution in [0.15, 0.2) is 108 Å². The number of ether oxygens (including phenoxy) is 2. The molecule has 3 aliphatic rings. The fraction of sp³-hybridized carbons (Fsp3) is 0.297. The molecule has 0 aliphatic carbocycles. The van der Waals surface area contributed by atoms with Gasteiger partial charge in [0.15, 0.2) is 12.1 Å². The van der Waals surface area contributed by atoms with E-state index in [1.54, 1.807) is 49.3 Å². The standard InChI is InChI=1S/C37H36FN3O6S/c1-37(2,3)47-36(45)39-29-33(43)41-30(35(44)46-31(24-12-6-4-7-13-24)25-14-8-5-9-15-25)27(22-48-34(29)41)20-26-17-18-40(32(26)42)21-23-11-10-16-28(38)19-23/h4-16,19-20,22,29-31,34H,17-18,21H2,1-3H3,(H,39,45)/t29-,30-,34-/m1/s1. The number of hydrogen-bond acceptors (Lipinski definition) is 7. The number of carbonyl (C=O) groups excluding carboxylic acids is 4. The second kappa shape index (κ2) is 13.7. The van der Waals surface area contributed by atoms with Crippen LogP contribution < -0.4 is 5.32 Å². The smallest absolute Gasteiger partial charge is 0.408 e. The number of esters is 1. The van der Waals surface area contributed by atoms with E-state index < -0.39 is 47.1 Å². The lowest BCUT2D eigenvalue weighted by Gasteiger charge is -2.51. The minimum atomic E-state index is -1.17. The van der Waals surface area contributed by atoms with Crippen LogP contribution in [0.1, 0.15) is 50.0 Å². The van der Waals surface area contributed by atoms with Gasteiger partial charge in [-0.3, -0.25) is 9.59 Å². The average Bonchev–Trinajstić information content (AvgIpc) is 3.39. The lowest BCUT2D eigenvalue weighted by Crippen LogP contribution is -2.74. The zero-order chi connectivity index (χ0) is 34.0. The number of amides is 3. The number of alkyl carbamates (subject to hydrolysis) is 1. The second-order valence-electron chi connectivity index (χ2n) is 12.8. The molecule has 11 heteroatoms. The van der Waals surface area contributed by atoms with Gasteiger partial charge in [0.1, 0.15) is 22.8 Å². The van der Waals surface area contributed by atoms with Gasteiger partial charge in [-0.2, -0.15) is 0 Å². The molecule has 6 rings (SSSR count). The van der Waals surface area contributed by atoms with Crippen LogP contribution in [-0.2, 0) is 30.4 Å². The molecule has 248 valence electrons. The molecule has 0 radical (unpaired) electrons. The summed E-state index contributed by atoms with van der Waals surface area (Å²) in [5, 5.41) is 3.80. The van der Waals surface area contributed by atoms with E-state index in [4.69, 9.17) is 9.47 Å². The summed E-state index contributed by atoms with van der Waals surface area (Å²) < 4.78 is 25.4. The minimum Gasteiger partial charge on any atom is -0.451 e. The molecular formula is C37H36FN3O6S. The van der Waals surface area contributed by atoms with Crippen molar-refractivity contribution in [3.05, 3.63) is 130 Å². The van der Waals surface area contributed by atoms with Crippen molar-refractivity contribution in [2.45, 2.75) is 62.9 Å². The van der Waals surface area contributed by atoms with Gasteiger partial charge < -0.3 is 24.6 Å².